The second-order valence-electron chi connectivity index (χ2n) is 4.58. The Morgan fingerprint density at radius 3 is 2.25 bits per heavy atom. The highest BCUT2D eigenvalue weighted by Crippen LogP contribution is 2.25. The summed E-state index contributed by atoms with van der Waals surface area (Å²) < 4.78 is 26.8. The molecule has 0 amide bonds. The average Bonchev–Trinajstić information content (AvgIpc) is 2.86. The summed E-state index contributed by atoms with van der Waals surface area (Å²) in [6.45, 7) is 10.1. The van der Waals surface area contributed by atoms with Crippen LogP contribution in [0.15, 0.2) is 15.7 Å². The second-order valence-corrected chi connectivity index (χ2v) is 7.65. The molecule has 1 rings (SSSR count). The number of nitrogens with zero attached hydrogens (tertiary/aromatic N) is 2. The fraction of sp³-hybridized carbons (Fsp3) is 0.692. The van der Waals surface area contributed by atoms with Crippen molar-refractivity contribution in [3.05, 3.63) is 11.4 Å². The van der Waals surface area contributed by atoms with Crippen molar-refractivity contribution in [2.45, 2.75) is 31.4 Å². The Kier molecular flexibility index (Phi) is 6.94. The van der Waals surface area contributed by atoms with Gasteiger partial charge in [0.1, 0.15) is 4.21 Å². The minimum absolute atomic E-state index is 0.333. The lowest BCUT2D eigenvalue weighted by Gasteiger charge is -2.22. The molecule has 1 heterocycles. The predicted molar refractivity (Wildman–Crippen MR) is 85.6 cm³/mol. The molecule has 0 spiro atoms. The maximum Gasteiger partial charge on any atom is 0.252 e. The lowest BCUT2D eigenvalue weighted by atomic mass is 10.3. The van der Waals surface area contributed by atoms with Crippen molar-refractivity contribution in [3.63, 3.8) is 0 Å². The zero-order chi connectivity index (χ0) is 15.2. The molecule has 0 radical (unpaired) electrons. The van der Waals surface area contributed by atoms with Crippen LogP contribution in [0.5, 0.6) is 0 Å². The highest BCUT2D eigenvalue weighted by atomic mass is 32.2. The number of hydrogen-bond donors (Lipinski definition) is 1. The first-order valence-corrected chi connectivity index (χ1v) is 9.34. The van der Waals surface area contributed by atoms with Gasteiger partial charge in [0.05, 0.1) is 0 Å². The molecule has 0 aliphatic heterocycles. The quantitative estimate of drug-likeness (QED) is 0.757. The first kappa shape index (κ1) is 17.4. The number of rotatable bonds is 9. The zero-order valence-electron chi connectivity index (χ0n) is 12.5. The van der Waals surface area contributed by atoms with Crippen molar-refractivity contribution in [1.29, 1.82) is 0 Å². The molecule has 0 atom stereocenters. The van der Waals surface area contributed by atoms with Crippen LogP contribution in [-0.2, 0) is 10.0 Å². The van der Waals surface area contributed by atoms with Crippen molar-refractivity contribution in [1.82, 2.24) is 9.21 Å². The van der Waals surface area contributed by atoms with E-state index >= 15 is 0 Å². The monoisotopic (exact) mass is 319 g/mol. The van der Waals surface area contributed by atoms with Crippen molar-refractivity contribution < 1.29 is 8.42 Å². The van der Waals surface area contributed by atoms with Crippen LogP contribution in [0.2, 0.25) is 0 Å². The van der Waals surface area contributed by atoms with Crippen LogP contribution in [0.4, 0.5) is 5.69 Å². The van der Waals surface area contributed by atoms with Crippen LogP contribution in [-0.4, -0.2) is 50.3 Å². The van der Waals surface area contributed by atoms with Crippen LogP contribution >= 0.6 is 11.3 Å². The van der Waals surface area contributed by atoms with Gasteiger partial charge in [-0.1, -0.05) is 20.8 Å². The lowest BCUT2D eigenvalue weighted by Crippen LogP contribution is -2.34. The molecule has 0 aromatic carbocycles. The number of anilines is 1. The fourth-order valence-electron chi connectivity index (χ4n) is 2.05. The Bertz CT molecular complexity index is 495. The van der Waals surface area contributed by atoms with Crippen LogP contribution in [0.3, 0.4) is 0 Å². The SMILES string of the molecule is CCN(CC)CCCN(CC)S(=O)(=O)c1cc(N)cs1. The molecular weight excluding hydrogens is 294 g/mol. The maximum absolute atomic E-state index is 12.5. The lowest BCUT2D eigenvalue weighted by molar-refractivity contribution is 0.285. The molecule has 0 unspecified atom stereocenters. The standard InChI is InChI=1S/C13H25N3O2S2/c1-4-15(5-2)8-7-9-16(6-3)20(17,18)13-10-12(14)11-19-13/h10-11H,4-9,14H2,1-3H3. The topological polar surface area (TPSA) is 66.6 Å². The molecular formula is C13H25N3O2S2. The minimum Gasteiger partial charge on any atom is -0.398 e. The van der Waals surface area contributed by atoms with Crippen LogP contribution in [0, 0.1) is 0 Å². The van der Waals surface area contributed by atoms with Gasteiger partial charge in [0, 0.05) is 24.2 Å². The van der Waals surface area contributed by atoms with Crippen molar-refractivity contribution >= 4 is 27.0 Å². The third-order valence-electron chi connectivity index (χ3n) is 3.32. The Morgan fingerprint density at radius 1 is 1.15 bits per heavy atom. The number of hydrogen-bond acceptors (Lipinski definition) is 5. The van der Waals surface area contributed by atoms with Crippen molar-refractivity contribution in [2.75, 3.05) is 38.5 Å². The van der Waals surface area contributed by atoms with E-state index in [1.165, 1.54) is 21.7 Å². The molecule has 2 N–H and O–H groups in total. The first-order valence-electron chi connectivity index (χ1n) is 7.02. The number of nitrogens with two attached hydrogens (primary N) is 1. The first-order chi connectivity index (χ1) is 9.45. The molecule has 0 aliphatic carbocycles. The minimum atomic E-state index is -3.39. The average molecular weight is 319 g/mol. The largest absolute Gasteiger partial charge is 0.398 e. The Balaban J connectivity index is 2.66. The van der Waals surface area contributed by atoms with Crippen LogP contribution in [0.1, 0.15) is 27.2 Å². The summed E-state index contributed by atoms with van der Waals surface area (Å²) in [7, 11) is -3.39. The Labute approximate surface area is 126 Å². The molecule has 116 valence electrons. The third kappa shape index (κ3) is 4.44. The molecule has 0 saturated heterocycles. The van der Waals surface area contributed by atoms with E-state index in [0.717, 1.165) is 26.1 Å². The molecule has 0 aliphatic rings. The Morgan fingerprint density at radius 2 is 1.80 bits per heavy atom. The molecule has 5 nitrogen and oxygen atoms in total. The summed E-state index contributed by atoms with van der Waals surface area (Å²) in [5, 5.41) is 1.66. The van der Waals surface area contributed by atoms with E-state index in [4.69, 9.17) is 5.73 Å². The molecule has 20 heavy (non-hydrogen) atoms. The van der Waals surface area contributed by atoms with E-state index in [1.54, 1.807) is 5.38 Å². The summed E-state index contributed by atoms with van der Waals surface area (Å²) >= 11 is 1.18. The highest BCUT2D eigenvalue weighted by Gasteiger charge is 2.24. The molecule has 0 saturated carbocycles. The van der Waals surface area contributed by atoms with Crippen LogP contribution in [0.25, 0.3) is 0 Å². The van der Waals surface area contributed by atoms with Gasteiger partial charge >= 0.3 is 0 Å². The number of thiophene rings is 1. The third-order valence-corrected chi connectivity index (χ3v) is 6.73. The number of nitrogen functional groups attached to an aromatic ring is 1. The van der Waals surface area contributed by atoms with E-state index in [-0.39, 0.29) is 0 Å². The summed E-state index contributed by atoms with van der Waals surface area (Å²) in [4.78, 5) is 2.30. The van der Waals surface area contributed by atoms with Crippen molar-refractivity contribution in [3.8, 4) is 0 Å². The van der Waals surface area contributed by atoms with E-state index in [1.807, 2.05) is 6.92 Å². The van der Waals surface area contributed by atoms with Gasteiger partial charge < -0.3 is 10.6 Å². The summed E-state index contributed by atoms with van der Waals surface area (Å²) in [6, 6.07) is 1.53. The van der Waals surface area contributed by atoms with Crippen LogP contribution < -0.4 is 5.73 Å². The van der Waals surface area contributed by atoms with Gasteiger partial charge in [-0.2, -0.15) is 4.31 Å². The predicted octanol–water partition coefficient (Wildman–Crippen LogP) is 2.07. The summed E-state index contributed by atoms with van der Waals surface area (Å²) in [6.07, 6.45) is 0.843. The maximum atomic E-state index is 12.5. The summed E-state index contributed by atoms with van der Waals surface area (Å²) in [5.74, 6) is 0. The van der Waals surface area contributed by atoms with E-state index in [0.29, 0.717) is 23.0 Å². The van der Waals surface area contributed by atoms with Gasteiger partial charge in [-0.15, -0.1) is 11.3 Å². The highest BCUT2D eigenvalue weighted by molar-refractivity contribution is 7.91. The van der Waals surface area contributed by atoms with Gasteiger partial charge in [-0.25, -0.2) is 8.42 Å². The van der Waals surface area contributed by atoms with Gasteiger partial charge in [-0.05, 0) is 32.1 Å². The van der Waals surface area contributed by atoms with Gasteiger partial charge in [0.25, 0.3) is 10.0 Å². The van der Waals surface area contributed by atoms with Gasteiger partial charge in [-0.3, -0.25) is 0 Å². The summed E-state index contributed by atoms with van der Waals surface area (Å²) in [5.41, 5.74) is 6.12. The van der Waals surface area contributed by atoms with E-state index in [2.05, 4.69) is 18.7 Å². The normalized spacial score (nSPS) is 12.4. The smallest absolute Gasteiger partial charge is 0.252 e. The molecule has 0 bridgehead atoms. The molecule has 7 heteroatoms. The van der Waals surface area contributed by atoms with Crippen molar-refractivity contribution in [2.24, 2.45) is 0 Å². The second kappa shape index (κ2) is 7.97. The van der Waals surface area contributed by atoms with Gasteiger partial charge in [0.15, 0.2) is 0 Å². The Hall–Kier alpha value is -0.630. The van der Waals surface area contributed by atoms with E-state index in [9.17, 15) is 8.42 Å². The molecule has 1 aromatic rings. The molecule has 0 fully saturated rings. The number of sulfonamides is 1. The molecule has 1 aromatic heterocycles. The van der Waals surface area contributed by atoms with Gasteiger partial charge in [0.2, 0.25) is 0 Å². The fourth-order valence-corrected chi connectivity index (χ4v) is 4.77. The van der Waals surface area contributed by atoms with E-state index < -0.39 is 10.0 Å². The zero-order valence-corrected chi connectivity index (χ0v) is 14.1.